The minimum Gasteiger partial charge on any atom is -0.300 e. The van der Waals surface area contributed by atoms with E-state index in [1.165, 1.54) is 12.3 Å². The summed E-state index contributed by atoms with van der Waals surface area (Å²) in [6.07, 6.45) is 3.23. The number of thioether (sulfide) groups is 1. The Labute approximate surface area is 93.3 Å². The van der Waals surface area contributed by atoms with Gasteiger partial charge in [0.25, 0.3) is 0 Å². The number of pyridine rings is 1. The molecule has 0 saturated heterocycles. The van der Waals surface area contributed by atoms with E-state index < -0.39 is 0 Å². The Morgan fingerprint density at radius 2 is 2.33 bits per heavy atom. The van der Waals surface area contributed by atoms with Crippen LogP contribution >= 0.6 is 11.8 Å². The zero-order valence-corrected chi connectivity index (χ0v) is 9.68. The summed E-state index contributed by atoms with van der Waals surface area (Å²) < 4.78 is 12.9. The second kappa shape index (κ2) is 5.85. The average Bonchev–Trinajstić information content (AvgIpc) is 2.16. The lowest BCUT2D eigenvalue weighted by Crippen LogP contribution is -2.02. The van der Waals surface area contributed by atoms with Gasteiger partial charge in [-0.1, -0.05) is 6.92 Å². The van der Waals surface area contributed by atoms with Crippen LogP contribution in [0.2, 0.25) is 0 Å². The highest BCUT2D eigenvalue weighted by molar-refractivity contribution is 7.99. The van der Waals surface area contributed by atoms with E-state index in [1.807, 2.05) is 6.92 Å². The van der Waals surface area contributed by atoms with Crippen molar-refractivity contribution in [1.29, 1.82) is 0 Å². The third kappa shape index (κ3) is 4.00. The molecule has 1 unspecified atom stereocenters. The van der Waals surface area contributed by atoms with Gasteiger partial charge in [0.2, 0.25) is 0 Å². The highest BCUT2D eigenvalue weighted by Crippen LogP contribution is 2.31. The number of ketones is 1. The molecular weight excluding hydrogens is 213 g/mol. The maximum atomic E-state index is 12.9. The van der Waals surface area contributed by atoms with Crippen LogP contribution in [-0.4, -0.2) is 16.5 Å². The number of halogens is 1. The molecule has 0 spiro atoms. The Bertz CT molecular complexity index is 343. The van der Waals surface area contributed by atoms with E-state index in [1.54, 1.807) is 24.9 Å². The maximum absolute atomic E-state index is 12.9. The second-order valence-electron chi connectivity index (χ2n) is 3.29. The van der Waals surface area contributed by atoms with Crippen molar-refractivity contribution in [2.24, 2.45) is 0 Å². The van der Waals surface area contributed by atoms with Gasteiger partial charge >= 0.3 is 0 Å². The zero-order valence-electron chi connectivity index (χ0n) is 8.87. The van der Waals surface area contributed by atoms with Gasteiger partial charge in [-0.2, -0.15) is 11.8 Å². The first-order valence-electron chi connectivity index (χ1n) is 4.85. The van der Waals surface area contributed by atoms with Crippen LogP contribution in [-0.2, 0) is 4.79 Å². The van der Waals surface area contributed by atoms with Gasteiger partial charge < -0.3 is 0 Å². The molecular formula is C11H14FNOS. The van der Waals surface area contributed by atoms with Crippen LogP contribution in [0.4, 0.5) is 4.39 Å². The molecule has 1 heterocycles. The minimum atomic E-state index is -0.349. The van der Waals surface area contributed by atoms with E-state index in [4.69, 9.17) is 0 Å². The summed E-state index contributed by atoms with van der Waals surface area (Å²) in [5.74, 6) is 0.664. The molecule has 2 nitrogen and oxygen atoms in total. The lowest BCUT2D eigenvalue weighted by Gasteiger charge is -2.13. The number of carbonyl (C=O) groups is 1. The summed E-state index contributed by atoms with van der Waals surface area (Å²) in [5.41, 5.74) is 0.789. The van der Waals surface area contributed by atoms with Crippen LogP contribution in [0, 0.1) is 5.82 Å². The van der Waals surface area contributed by atoms with E-state index in [9.17, 15) is 9.18 Å². The molecule has 0 aliphatic carbocycles. The molecule has 0 fully saturated rings. The molecule has 0 aromatic carbocycles. The Hall–Kier alpha value is -0.900. The normalized spacial score (nSPS) is 12.5. The Balaban J connectivity index is 2.83. The van der Waals surface area contributed by atoms with Crippen LogP contribution in [0.1, 0.15) is 31.1 Å². The maximum Gasteiger partial charge on any atom is 0.141 e. The molecule has 0 aliphatic heterocycles. The summed E-state index contributed by atoms with van der Waals surface area (Å²) in [5, 5.41) is 0.0238. The first-order chi connectivity index (χ1) is 7.13. The highest BCUT2D eigenvalue weighted by atomic mass is 32.2. The average molecular weight is 227 g/mol. The number of carbonyl (C=O) groups excluding carboxylic acids is 1. The van der Waals surface area contributed by atoms with E-state index in [0.29, 0.717) is 6.42 Å². The fourth-order valence-electron chi connectivity index (χ4n) is 1.34. The van der Waals surface area contributed by atoms with Crippen molar-refractivity contribution >= 4 is 17.5 Å². The molecule has 1 aromatic rings. The molecule has 4 heteroatoms. The molecule has 0 saturated carbocycles. The van der Waals surface area contributed by atoms with E-state index >= 15 is 0 Å². The molecule has 0 radical (unpaired) electrons. The SMILES string of the molecule is CCSC(CC(C)=O)c1cncc(F)c1. The van der Waals surface area contributed by atoms with Crippen LogP contribution in [0.15, 0.2) is 18.5 Å². The topological polar surface area (TPSA) is 30.0 Å². The minimum absolute atomic E-state index is 0.0238. The number of hydrogen-bond acceptors (Lipinski definition) is 3. The highest BCUT2D eigenvalue weighted by Gasteiger charge is 2.14. The first-order valence-corrected chi connectivity index (χ1v) is 5.89. The lowest BCUT2D eigenvalue weighted by atomic mass is 10.1. The monoisotopic (exact) mass is 227 g/mol. The van der Waals surface area contributed by atoms with E-state index in [-0.39, 0.29) is 16.9 Å². The number of rotatable bonds is 5. The molecule has 0 aliphatic rings. The van der Waals surface area contributed by atoms with Crippen molar-refractivity contribution < 1.29 is 9.18 Å². The molecule has 0 amide bonds. The molecule has 15 heavy (non-hydrogen) atoms. The van der Waals surface area contributed by atoms with Crippen LogP contribution in [0.5, 0.6) is 0 Å². The van der Waals surface area contributed by atoms with Gasteiger partial charge in [0, 0.05) is 17.9 Å². The van der Waals surface area contributed by atoms with Crippen molar-refractivity contribution in [3.63, 3.8) is 0 Å². The molecule has 1 rings (SSSR count). The predicted octanol–water partition coefficient (Wildman–Crippen LogP) is 2.99. The van der Waals surface area contributed by atoms with Crippen LogP contribution in [0.3, 0.4) is 0 Å². The Morgan fingerprint density at radius 1 is 1.60 bits per heavy atom. The second-order valence-corrected chi connectivity index (χ2v) is 4.77. The van der Waals surface area contributed by atoms with Crippen LogP contribution in [0.25, 0.3) is 0 Å². The predicted molar refractivity (Wildman–Crippen MR) is 60.4 cm³/mol. The summed E-state index contributed by atoms with van der Waals surface area (Å²) in [4.78, 5) is 14.9. The lowest BCUT2D eigenvalue weighted by molar-refractivity contribution is -0.117. The summed E-state index contributed by atoms with van der Waals surface area (Å²) in [7, 11) is 0. The summed E-state index contributed by atoms with van der Waals surface area (Å²) in [6.45, 7) is 3.57. The quantitative estimate of drug-likeness (QED) is 0.774. The van der Waals surface area contributed by atoms with Crippen molar-refractivity contribution in [1.82, 2.24) is 4.98 Å². The van der Waals surface area contributed by atoms with E-state index in [2.05, 4.69) is 4.98 Å². The van der Waals surface area contributed by atoms with Crippen molar-refractivity contribution in [3.05, 3.63) is 29.8 Å². The van der Waals surface area contributed by atoms with Gasteiger partial charge in [-0.05, 0) is 24.3 Å². The molecule has 1 atom stereocenters. The van der Waals surface area contributed by atoms with Gasteiger partial charge in [0.15, 0.2) is 0 Å². The number of aromatic nitrogens is 1. The molecule has 82 valence electrons. The Kier molecular flexibility index (Phi) is 4.75. The van der Waals surface area contributed by atoms with Gasteiger partial charge in [0.05, 0.1) is 6.20 Å². The first kappa shape index (κ1) is 12.2. The fourth-order valence-corrected chi connectivity index (χ4v) is 2.42. The molecule has 0 bridgehead atoms. The molecule has 1 aromatic heterocycles. The van der Waals surface area contributed by atoms with Gasteiger partial charge in [0.1, 0.15) is 11.6 Å². The zero-order chi connectivity index (χ0) is 11.3. The number of nitrogens with zero attached hydrogens (tertiary/aromatic N) is 1. The largest absolute Gasteiger partial charge is 0.300 e. The van der Waals surface area contributed by atoms with Crippen molar-refractivity contribution in [3.8, 4) is 0 Å². The third-order valence-corrected chi connectivity index (χ3v) is 3.11. The van der Waals surface area contributed by atoms with E-state index in [0.717, 1.165) is 11.3 Å². The Morgan fingerprint density at radius 3 is 2.87 bits per heavy atom. The van der Waals surface area contributed by atoms with Gasteiger partial charge in [-0.25, -0.2) is 4.39 Å². The smallest absolute Gasteiger partial charge is 0.141 e. The summed E-state index contributed by atoms with van der Waals surface area (Å²) in [6, 6.07) is 1.45. The third-order valence-electron chi connectivity index (χ3n) is 1.94. The number of hydrogen-bond donors (Lipinski definition) is 0. The van der Waals surface area contributed by atoms with Crippen LogP contribution < -0.4 is 0 Å². The fraction of sp³-hybridized carbons (Fsp3) is 0.455. The van der Waals surface area contributed by atoms with Gasteiger partial charge in [-0.15, -0.1) is 0 Å². The standard InChI is InChI=1S/C11H14FNOS/c1-3-15-11(4-8(2)14)9-5-10(12)7-13-6-9/h5-7,11H,3-4H2,1-2H3. The molecule has 0 N–H and O–H groups in total. The summed E-state index contributed by atoms with van der Waals surface area (Å²) >= 11 is 1.64. The number of Topliss-reactive ketones (excluding diaryl/α,β-unsaturated/α-hetero) is 1. The van der Waals surface area contributed by atoms with Gasteiger partial charge in [-0.3, -0.25) is 9.78 Å². The van der Waals surface area contributed by atoms with Crippen molar-refractivity contribution in [2.45, 2.75) is 25.5 Å². The van der Waals surface area contributed by atoms with Crippen molar-refractivity contribution in [2.75, 3.05) is 5.75 Å².